The second kappa shape index (κ2) is 12.3. The number of furan rings is 1. The Morgan fingerprint density at radius 1 is 0.351 bits per heavy atom. The van der Waals surface area contributed by atoms with Crippen LogP contribution in [0.3, 0.4) is 0 Å². The van der Waals surface area contributed by atoms with Gasteiger partial charge in [0.1, 0.15) is 11.2 Å². The Morgan fingerprint density at radius 2 is 0.860 bits per heavy atom. The minimum absolute atomic E-state index is 0.455. The van der Waals surface area contributed by atoms with Crippen molar-refractivity contribution in [3.63, 3.8) is 0 Å². The lowest BCUT2D eigenvalue weighted by Crippen LogP contribution is -2.26. The molecule has 2 heteroatoms. The number of benzene rings is 9. The Labute approximate surface area is 331 Å². The van der Waals surface area contributed by atoms with Crippen molar-refractivity contribution in [2.45, 2.75) is 5.41 Å². The van der Waals surface area contributed by atoms with E-state index >= 15 is 0 Å². The maximum atomic E-state index is 6.82. The smallest absolute Gasteiger partial charge is 0.145 e. The van der Waals surface area contributed by atoms with Crippen LogP contribution >= 0.6 is 0 Å². The van der Waals surface area contributed by atoms with E-state index < -0.39 is 5.41 Å². The third-order valence-electron chi connectivity index (χ3n) is 12.3. The fraction of sp³-hybridized carbons (Fsp3) is 0.0182. The lowest BCUT2D eigenvalue weighted by molar-refractivity contribution is 0.670. The number of para-hydroxylation sites is 1. The molecule has 0 radical (unpaired) electrons. The monoisotopic (exact) mass is 725 g/mol. The maximum absolute atomic E-state index is 6.82. The SMILES string of the molecule is c1ccc(-c2ccc(N(c3ccc4c(c3)C3(c5ccccc5-c5ccccc53)c3ccccc3-4)c3ccc4c(oc5ccccc54)c3-c3ccccc3)cc2)cc1. The lowest BCUT2D eigenvalue weighted by atomic mass is 9.70. The second-order valence-corrected chi connectivity index (χ2v) is 15.2. The van der Waals surface area contributed by atoms with Gasteiger partial charge in [0.05, 0.1) is 11.1 Å². The Hall–Kier alpha value is -7.42. The summed E-state index contributed by atoms with van der Waals surface area (Å²) in [6.07, 6.45) is 0. The molecule has 1 heterocycles. The summed E-state index contributed by atoms with van der Waals surface area (Å²) in [6.45, 7) is 0. The Balaban J connectivity index is 1.16. The molecular formula is C55H35NO. The molecule has 0 bridgehead atoms. The first-order valence-electron chi connectivity index (χ1n) is 19.7. The van der Waals surface area contributed by atoms with Crippen molar-refractivity contribution in [3.05, 3.63) is 235 Å². The Kier molecular flexibility index (Phi) is 6.88. The molecule has 10 aromatic rings. The maximum Gasteiger partial charge on any atom is 0.145 e. The van der Waals surface area contributed by atoms with Crippen LogP contribution in [0.4, 0.5) is 17.1 Å². The molecule has 9 aromatic carbocycles. The normalized spacial score (nSPS) is 13.1. The van der Waals surface area contributed by atoms with Gasteiger partial charge in [-0.25, -0.2) is 0 Å². The summed E-state index contributed by atoms with van der Waals surface area (Å²) in [7, 11) is 0. The number of rotatable bonds is 5. The van der Waals surface area contributed by atoms with Crippen LogP contribution in [0.25, 0.3) is 66.4 Å². The third kappa shape index (κ3) is 4.53. The summed E-state index contributed by atoms with van der Waals surface area (Å²) in [5.41, 5.74) is 19.5. The quantitative estimate of drug-likeness (QED) is 0.176. The van der Waals surface area contributed by atoms with Crippen LogP contribution in [0.15, 0.2) is 217 Å². The zero-order valence-electron chi connectivity index (χ0n) is 31.1. The fourth-order valence-electron chi connectivity index (χ4n) is 9.93. The second-order valence-electron chi connectivity index (χ2n) is 15.2. The molecule has 0 N–H and O–H groups in total. The molecule has 0 saturated carbocycles. The molecule has 266 valence electrons. The Bertz CT molecular complexity index is 3110. The highest BCUT2D eigenvalue weighted by Crippen LogP contribution is 2.63. The first kappa shape index (κ1) is 31.9. The molecule has 0 atom stereocenters. The molecule has 57 heavy (non-hydrogen) atoms. The zero-order valence-corrected chi connectivity index (χ0v) is 31.1. The zero-order chi connectivity index (χ0) is 37.5. The molecule has 1 aromatic heterocycles. The molecule has 0 aliphatic heterocycles. The molecule has 12 rings (SSSR count). The number of anilines is 3. The molecule has 2 nitrogen and oxygen atoms in total. The topological polar surface area (TPSA) is 16.4 Å². The molecule has 0 saturated heterocycles. The molecule has 0 fully saturated rings. The van der Waals surface area contributed by atoms with Gasteiger partial charge in [0.15, 0.2) is 0 Å². The lowest BCUT2D eigenvalue weighted by Gasteiger charge is -2.32. The van der Waals surface area contributed by atoms with Crippen LogP contribution in [0.1, 0.15) is 22.3 Å². The molecule has 0 amide bonds. The van der Waals surface area contributed by atoms with E-state index in [9.17, 15) is 0 Å². The fourth-order valence-corrected chi connectivity index (χ4v) is 9.93. The average molecular weight is 726 g/mol. The summed E-state index contributed by atoms with van der Waals surface area (Å²) in [5.74, 6) is 0. The van der Waals surface area contributed by atoms with Gasteiger partial charge in [0.25, 0.3) is 0 Å². The van der Waals surface area contributed by atoms with Crippen LogP contribution in [0.2, 0.25) is 0 Å². The van der Waals surface area contributed by atoms with Crippen molar-refractivity contribution in [1.29, 1.82) is 0 Å². The number of hydrogen-bond donors (Lipinski definition) is 0. The first-order chi connectivity index (χ1) is 28.3. The van der Waals surface area contributed by atoms with Crippen molar-refractivity contribution in [2.75, 3.05) is 4.90 Å². The summed E-state index contributed by atoms with van der Waals surface area (Å²) in [4.78, 5) is 2.44. The van der Waals surface area contributed by atoms with Gasteiger partial charge in [-0.3, -0.25) is 0 Å². The van der Waals surface area contributed by atoms with Gasteiger partial charge in [-0.05, 0) is 104 Å². The van der Waals surface area contributed by atoms with Gasteiger partial charge in [0.2, 0.25) is 0 Å². The van der Waals surface area contributed by atoms with Crippen LogP contribution < -0.4 is 4.90 Å². The first-order valence-corrected chi connectivity index (χ1v) is 19.7. The molecule has 2 aliphatic carbocycles. The van der Waals surface area contributed by atoms with Crippen LogP contribution in [0, 0.1) is 0 Å². The molecule has 1 spiro atoms. The van der Waals surface area contributed by atoms with E-state index in [1.807, 2.05) is 6.07 Å². The predicted molar refractivity (Wildman–Crippen MR) is 236 cm³/mol. The summed E-state index contributed by atoms with van der Waals surface area (Å²) in [5, 5.41) is 2.22. The van der Waals surface area contributed by atoms with Crippen molar-refractivity contribution < 1.29 is 4.42 Å². The summed E-state index contributed by atoms with van der Waals surface area (Å²) < 4.78 is 6.82. The van der Waals surface area contributed by atoms with Crippen LogP contribution in [-0.4, -0.2) is 0 Å². The highest BCUT2D eigenvalue weighted by Gasteiger charge is 2.51. The molecule has 2 aliphatic rings. The van der Waals surface area contributed by atoms with Gasteiger partial charge in [-0.1, -0.05) is 170 Å². The van der Waals surface area contributed by atoms with E-state index in [1.165, 1.54) is 55.6 Å². The van der Waals surface area contributed by atoms with E-state index in [-0.39, 0.29) is 0 Å². The predicted octanol–water partition coefficient (Wildman–Crippen LogP) is 14.7. The average Bonchev–Trinajstić information content (AvgIpc) is 3.91. The van der Waals surface area contributed by atoms with Gasteiger partial charge in [-0.15, -0.1) is 0 Å². The van der Waals surface area contributed by atoms with Crippen molar-refractivity contribution >= 4 is 39.0 Å². The molecular weight excluding hydrogens is 691 g/mol. The Morgan fingerprint density at radius 3 is 1.51 bits per heavy atom. The van der Waals surface area contributed by atoms with Gasteiger partial charge in [-0.2, -0.15) is 0 Å². The van der Waals surface area contributed by atoms with Crippen molar-refractivity contribution in [1.82, 2.24) is 0 Å². The van der Waals surface area contributed by atoms with Crippen molar-refractivity contribution in [3.8, 4) is 44.5 Å². The highest BCUT2D eigenvalue weighted by atomic mass is 16.3. The van der Waals surface area contributed by atoms with E-state index in [2.05, 4.69) is 211 Å². The van der Waals surface area contributed by atoms with E-state index in [0.717, 1.165) is 50.1 Å². The minimum Gasteiger partial charge on any atom is -0.455 e. The number of nitrogens with zero attached hydrogens (tertiary/aromatic N) is 1. The standard InChI is InChI=1S/C55H35NO/c1-3-15-36(16-4-1)37-27-29-39(30-28-37)56(51-34-33-46-45-22-10-14-26-52(45)57-54(46)53(51)38-17-5-2-6-18-38)40-31-32-44-43-21-9-13-25-49(43)55(50(44)35-40)47-23-11-7-19-41(47)42-20-8-12-24-48(42)55/h1-35H. The number of fused-ring (bicyclic) bond motifs is 13. The highest BCUT2D eigenvalue weighted by molar-refractivity contribution is 6.13. The number of hydrogen-bond acceptors (Lipinski definition) is 2. The van der Waals surface area contributed by atoms with Crippen molar-refractivity contribution in [2.24, 2.45) is 0 Å². The largest absolute Gasteiger partial charge is 0.455 e. The van der Waals surface area contributed by atoms with E-state index in [0.29, 0.717) is 0 Å². The summed E-state index contributed by atoms with van der Waals surface area (Å²) in [6, 6.07) is 77.4. The van der Waals surface area contributed by atoms with E-state index in [1.54, 1.807) is 0 Å². The van der Waals surface area contributed by atoms with Gasteiger partial charge in [0, 0.05) is 27.7 Å². The third-order valence-corrected chi connectivity index (χ3v) is 12.3. The van der Waals surface area contributed by atoms with Crippen LogP contribution in [0.5, 0.6) is 0 Å². The molecule has 0 unspecified atom stereocenters. The van der Waals surface area contributed by atoms with Gasteiger partial charge < -0.3 is 9.32 Å². The van der Waals surface area contributed by atoms with Crippen LogP contribution in [-0.2, 0) is 5.41 Å². The van der Waals surface area contributed by atoms with E-state index in [4.69, 9.17) is 4.42 Å². The summed E-state index contributed by atoms with van der Waals surface area (Å²) >= 11 is 0. The van der Waals surface area contributed by atoms with Gasteiger partial charge >= 0.3 is 0 Å². The minimum atomic E-state index is -0.455.